The van der Waals surface area contributed by atoms with Gasteiger partial charge >= 0.3 is 0 Å². The molecule has 1 unspecified atom stereocenters. The summed E-state index contributed by atoms with van der Waals surface area (Å²) >= 11 is 0. The van der Waals surface area contributed by atoms with E-state index in [0.29, 0.717) is 0 Å². The molecule has 1 rings (SSSR count). The van der Waals surface area contributed by atoms with Gasteiger partial charge in [-0.2, -0.15) is 0 Å². The number of aryl methyl sites for hydroxylation is 1. The summed E-state index contributed by atoms with van der Waals surface area (Å²) in [7, 11) is 4.83. The molecular formula is C7H10BP. The molecule has 0 heterocycles. The first-order valence-corrected chi connectivity index (χ1v) is 3.60. The Hall–Kier alpha value is -0.285. The molecule has 1 aromatic carbocycles. The zero-order chi connectivity index (χ0) is 6.85. The van der Waals surface area contributed by atoms with E-state index < -0.39 is 0 Å². The van der Waals surface area contributed by atoms with Crippen LogP contribution in [0.1, 0.15) is 5.56 Å². The third-order valence-corrected chi connectivity index (χ3v) is 2.06. The van der Waals surface area contributed by atoms with Gasteiger partial charge in [-0.1, -0.05) is 23.7 Å². The van der Waals surface area contributed by atoms with Crippen molar-refractivity contribution in [2.24, 2.45) is 0 Å². The lowest BCUT2D eigenvalue weighted by atomic mass is 9.95. The lowest BCUT2D eigenvalue weighted by Crippen LogP contribution is -2.09. The maximum atomic E-state index is 2.72. The van der Waals surface area contributed by atoms with Crippen molar-refractivity contribution in [3.8, 4) is 0 Å². The van der Waals surface area contributed by atoms with Crippen molar-refractivity contribution in [2.45, 2.75) is 6.92 Å². The third-order valence-electron chi connectivity index (χ3n) is 1.43. The van der Waals surface area contributed by atoms with Crippen LogP contribution in [0.5, 0.6) is 0 Å². The van der Waals surface area contributed by atoms with Gasteiger partial charge in [0.15, 0.2) is 0 Å². The first kappa shape index (κ1) is 6.83. The zero-order valence-electron chi connectivity index (χ0n) is 5.81. The first-order valence-electron chi connectivity index (χ1n) is 3.03. The molecule has 0 nitrogen and oxygen atoms in total. The Morgan fingerprint density at radius 1 is 1.44 bits per heavy atom. The van der Waals surface area contributed by atoms with Gasteiger partial charge in [-0.15, -0.1) is 9.24 Å². The first-order chi connectivity index (χ1) is 4.20. The van der Waals surface area contributed by atoms with Crippen LogP contribution in [0.4, 0.5) is 0 Å². The van der Waals surface area contributed by atoms with Crippen LogP contribution in [0, 0.1) is 6.92 Å². The molecule has 0 amide bonds. The van der Waals surface area contributed by atoms with E-state index in [0.717, 1.165) is 0 Å². The monoisotopic (exact) mass is 136 g/mol. The van der Waals surface area contributed by atoms with Crippen molar-refractivity contribution in [1.82, 2.24) is 0 Å². The molecule has 2 heteroatoms. The average Bonchev–Trinajstić information content (AvgIpc) is 1.80. The molecule has 9 heavy (non-hydrogen) atoms. The fourth-order valence-corrected chi connectivity index (χ4v) is 1.12. The number of hydrogen-bond donors (Lipinski definition) is 0. The molecule has 1 aromatic rings. The molecule has 0 radical (unpaired) electrons. The molecule has 0 aliphatic rings. The SMILES string of the molecule is Bc1ccc(C)c(P)c1. The van der Waals surface area contributed by atoms with Gasteiger partial charge in [-0.25, -0.2) is 0 Å². The maximum absolute atomic E-state index is 2.72. The minimum Gasteiger partial charge on any atom is -0.105 e. The smallest absolute Gasteiger partial charge is 0.105 e. The summed E-state index contributed by atoms with van der Waals surface area (Å²) in [5.41, 5.74) is 2.66. The fourth-order valence-electron chi connectivity index (χ4n) is 0.760. The molecule has 0 aliphatic heterocycles. The van der Waals surface area contributed by atoms with E-state index in [9.17, 15) is 0 Å². The maximum Gasteiger partial charge on any atom is 0.139 e. The van der Waals surface area contributed by atoms with E-state index in [2.05, 4.69) is 42.2 Å². The molecule has 0 fully saturated rings. The summed E-state index contributed by atoms with van der Waals surface area (Å²) in [4.78, 5) is 0. The van der Waals surface area contributed by atoms with Crippen LogP contribution in [0.15, 0.2) is 18.2 Å². The van der Waals surface area contributed by atoms with E-state index >= 15 is 0 Å². The van der Waals surface area contributed by atoms with Gasteiger partial charge < -0.3 is 0 Å². The Bertz CT molecular complexity index is 220. The highest BCUT2D eigenvalue weighted by Crippen LogP contribution is 1.94. The van der Waals surface area contributed by atoms with Gasteiger partial charge in [0, 0.05) is 0 Å². The van der Waals surface area contributed by atoms with Crippen molar-refractivity contribution >= 4 is 27.9 Å². The molecular weight excluding hydrogens is 126 g/mol. The van der Waals surface area contributed by atoms with Crippen LogP contribution in [0.3, 0.4) is 0 Å². The fraction of sp³-hybridized carbons (Fsp3) is 0.143. The number of benzene rings is 1. The summed E-state index contributed by atoms with van der Waals surface area (Å²) in [6, 6.07) is 6.43. The lowest BCUT2D eigenvalue weighted by Gasteiger charge is -1.98. The van der Waals surface area contributed by atoms with Crippen molar-refractivity contribution in [3.05, 3.63) is 23.8 Å². The molecule has 0 spiro atoms. The Balaban J connectivity index is 3.17. The predicted molar refractivity (Wildman–Crippen MR) is 48.7 cm³/mol. The van der Waals surface area contributed by atoms with Crippen LogP contribution >= 0.6 is 9.24 Å². The Labute approximate surface area is 59.3 Å². The summed E-state index contributed by atoms with van der Waals surface area (Å²) in [6.45, 7) is 2.11. The minimum atomic E-state index is 1.30. The lowest BCUT2D eigenvalue weighted by molar-refractivity contribution is 1.54. The normalized spacial score (nSPS) is 9.56. The van der Waals surface area contributed by atoms with Crippen LogP contribution < -0.4 is 10.8 Å². The summed E-state index contributed by atoms with van der Waals surface area (Å²) in [6.07, 6.45) is 0. The third kappa shape index (κ3) is 1.56. The van der Waals surface area contributed by atoms with Crippen LogP contribution in [0.2, 0.25) is 0 Å². The predicted octanol–water partition coefficient (Wildman–Crippen LogP) is -0.246. The highest BCUT2D eigenvalue weighted by molar-refractivity contribution is 7.27. The number of rotatable bonds is 0. The summed E-state index contributed by atoms with van der Waals surface area (Å²) in [5.74, 6) is 0. The van der Waals surface area contributed by atoms with Crippen LogP contribution in [-0.2, 0) is 0 Å². The molecule has 46 valence electrons. The molecule has 0 N–H and O–H groups in total. The molecule has 1 atom stereocenters. The number of hydrogen-bond acceptors (Lipinski definition) is 0. The quantitative estimate of drug-likeness (QED) is 0.341. The van der Waals surface area contributed by atoms with Crippen molar-refractivity contribution < 1.29 is 0 Å². The van der Waals surface area contributed by atoms with Crippen LogP contribution in [-0.4, -0.2) is 7.85 Å². The van der Waals surface area contributed by atoms with Gasteiger partial charge in [0.05, 0.1) is 0 Å². The van der Waals surface area contributed by atoms with E-state index in [1.807, 2.05) is 0 Å². The van der Waals surface area contributed by atoms with Crippen molar-refractivity contribution in [1.29, 1.82) is 0 Å². The second kappa shape index (κ2) is 2.53. The minimum absolute atomic E-state index is 1.30. The zero-order valence-corrected chi connectivity index (χ0v) is 6.96. The Morgan fingerprint density at radius 3 is 2.56 bits per heavy atom. The standard InChI is InChI=1S/C7H10BP/c1-5-2-3-6(8)4-7(5)9/h2-4H,8-9H2,1H3. The highest BCUT2D eigenvalue weighted by Gasteiger charge is 1.89. The Morgan fingerprint density at radius 2 is 2.11 bits per heavy atom. The molecule has 0 bridgehead atoms. The molecule has 0 saturated heterocycles. The average molecular weight is 136 g/mol. The van der Waals surface area contributed by atoms with E-state index in [1.54, 1.807) is 0 Å². The second-order valence-corrected chi connectivity index (χ2v) is 2.98. The van der Waals surface area contributed by atoms with Crippen LogP contribution in [0.25, 0.3) is 0 Å². The summed E-state index contributed by atoms with van der Waals surface area (Å²) < 4.78 is 0. The molecule has 0 saturated carbocycles. The largest absolute Gasteiger partial charge is 0.139 e. The molecule has 0 aromatic heterocycles. The van der Waals surface area contributed by atoms with E-state index in [4.69, 9.17) is 0 Å². The van der Waals surface area contributed by atoms with E-state index in [1.165, 1.54) is 16.3 Å². The van der Waals surface area contributed by atoms with Gasteiger partial charge in [0.1, 0.15) is 7.85 Å². The van der Waals surface area contributed by atoms with Crippen molar-refractivity contribution in [3.63, 3.8) is 0 Å². The highest BCUT2D eigenvalue weighted by atomic mass is 31.0. The van der Waals surface area contributed by atoms with E-state index in [-0.39, 0.29) is 0 Å². The Kier molecular flexibility index (Phi) is 1.92. The van der Waals surface area contributed by atoms with Gasteiger partial charge in [0.25, 0.3) is 0 Å². The molecule has 0 aliphatic carbocycles. The van der Waals surface area contributed by atoms with Crippen molar-refractivity contribution in [2.75, 3.05) is 0 Å². The van der Waals surface area contributed by atoms with Gasteiger partial charge in [0.2, 0.25) is 0 Å². The topological polar surface area (TPSA) is 0 Å². The second-order valence-electron chi connectivity index (χ2n) is 2.36. The van der Waals surface area contributed by atoms with Gasteiger partial charge in [-0.3, -0.25) is 0 Å². The summed E-state index contributed by atoms with van der Waals surface area (Å²) in [5, 5.41) is 1.30. The van der Waals surface area contributed by atoms with Gasteiger partial charge in [-0.05, 0) is 17.8 Å².